The number of pyridine rings is 2. The second-order valence-corrected chi connectivity index (χ2v) is 6.15. The van der Waals surface area contributed by atoms with Crippen LogP contribution in [0, 0.1) is 6.92 Å². The van der Waals surface area contributed by atoms with Crippen molar-refractivity contribution in [2.75, 3.05) is 5.32 Å². The van der Waals surface area contributed by atoms with Crippen molar-refractivity contribution in [2.24, 2.45) is 0 Å². The van der Waals surface area contributed by atoms with Crippen LogP contribution >= 0.6 is 15.9 Å². The number of amides is 2. The van der Waals surface area contributed by atoms with Crippen molar-refractivity contribution in [3.05, 3.63) is 65.0 Å². The Bertz CT molecular complexity index is 938. The Balaban J connectivity index is 1.65. The van der Waals surface area contributed by atoms with E-state index in [9.17, 15) is 9.59 Å². The van der Waals surface area contributed by atoms with Crippen molar-refractivity contribution in [1.82, 2.24) is 24.8 Å². The molecule has 0 spiro atoms. The van der Waals surface area contributed by atoms with Gasteiger partial charge in [0, 0.05) is 30.7 Å². The Morgan fingerprint density at radius 1 is 1.12 bits per heavy atom. The van der Waals surface area contributed by atoms with Crippen LogP contribution in [-0.2, 0) is 16.1 Å². The molecule has 3 rings (SSSR count). The van der Waals surface area contributed by atoms with E-state index >= 15 is 0 Å². The van der Waals surface area contributed by atoms with Gasteiger partial charge in [0.1, 0.15) is 16.2 Å². The van der Waals surface area contributed by atoms with Crippen molar-refractivity contribution in [2.45, 2.75) is 13.5 Å². The van der Waals surface area contributed by atoms with Crippen LogP contribution in [0.3, 0.4) is 0 Å². The topological polar surface area (TPSA) is 102 Å². The maximum absolute atomic E-state index is 12.1. The van der Waals surface area contributed by atoms with Crippen LogP contribution in [0.15, 0.2) is 53.7 Å². The molecule has 0 atom stereocenters. The Hall–Kier alpha value is -3.07. The van der Waals surface area contributed by atoms with E-state index in [1.165, 1.54) is 6.20 Å². The summed E-state index contributed by atoms with van der Waals surface area (Å²) in [6.07, 6.45) is 6.58. The van der Waals surface area contributed by atoms with Crippen molar-refractivity contribution in [1.29, 1.82) is 0 Å². The number of carbonyl (C=O) groups excluding carboxylic acids is 2. The Kier molecular flexibility index (Phi) is 5.37. The van der Waals surface area contributed by atoms with Crippen LogP contribution < -0.4 is 10.6 Å². The van der Waals surface area contributed by atoms with E-state index in [1.807, 2.05) is 17.6 Å². The predicted octanol–water partition coefficient (Wildman–Crippen LogP) is 1.99. The number of nitrogens with zero attached hydrogens (tertiary/aromatic N) is 4. The van der Waals surface area contributed by atoms with Crippen LogP contribution in [0.2, 0.25) is 0 Å². The summed E-state index contributed by atoms with van der Waals surface area (Å²) in [7, 11) is 0. The molecule has 3 aromatic heterocycles. The van der Waals surface area contributed by atoms with Gasteiger partial charge in [0.15, 0.2) is 0 Å². The Morgan fingerprint density at radius 2 is 1.96 bits per heavy atom. The first-order valence-corrected chi connectivity index (χ1v) is 8.49. The van der Waals surface area contributed by atoms with Gasteiger partial charge >= 0.3 is 11.8 Å². The van der Waals surface area contributed by atoms with Gasteiger partial charge in [-0.1, -0.05) is 6.07 Å². The summed E-state index contributed by atoms with van der Waals surface area (Å²) in [4.78, 5) is 36.6. The molecular weight excluding hydrogens is 400 g/mol. The van der Waals surface area contributed by atoms with Gasteiger partial charge in [-0.15, -0.1) is 0 Å². The molecule has 2 amide bonds. The number of aromatic nitrogens is 4. The number of hydrogen-bond donors (Lipinski definition) is 2. The summed E-state index contributed by atoms with van der Waals surface area (Å²) in [5, 5.41) is 5.09. The van der Waals surface area contributed by atoms with Gasteiger partial charge in [-0.05, 0) is 41.1 Å². The zero-order valence-corrected chi connectivity index (χ0v) is 15.4. The summed E-state index contributed by atoms with van der Waals surface area (Å²) in [6, 6.07) is 6.91. The van der Waals surface area contributed by atoms with Gasteiger partial charge in [-0.2, -0.15) is 0 Å². The van der Waals surface area contributed by atoms with Gasteiger partial charge in [0.05, 0.1) is 11.9 Å². The quantitative estimate of drug-likeness (QED) is 0.501. The standard InChI is InChI=1S/C17H15BrN6O2/c1-11-19-7-8-24(11)15-12(3-2-6-20-15)9-22-16(25)17(26)23-13-4-5-14(18)21-10-13/h2-8,10H,9H2,1H3,(H,22,25)(H,23,26). The van der Waals surface area contributed by atoms with E-state index in [0.29, 0.717) is 16.1 Å². The van der Waals surface area contributed by atoms with Gasteiger partial charge in [0.2, 0.25) is 0 Å². The van der Waals surface area contributed by atoms with E-state index < -0.39 is 11.8 Å². The minimum Gasteiger partial charge on any atom is -0.344 e. The Labute approximate surface area is 157 Å². The number of halogens is 1. The zero-order valence-electron chi connectivity index (χ0n) is 13.8. The van der Waals surface area contributed by atoms with E-state index in [-0.39, 0.29) is 6.54 Å². The first kappa shape index (κ1) is 17.7. The Morgan fingerprint density at radius 3 is 2.65 bits per heavy atom. The number of aryl methyl sites for hydroxylation is 1. The fourth-order valence-electron chi connectivity index (χ4n) is 2.28. The molecule has 0 aliphatic rings. The smallest absolute Gasteiger partial charge is 0.313 e. The van der Waals surface area contributed by atoms with Gasteiger partial charge in [-0.3, -0.25) is 14.2 Å². The predicted molar refractivity (Wildman–Crippen MR) is 98.5 cm³/mol. The summed E-state index contributed by atoms with van der Waals surface area (Å²) in [6.45, 7) is 2.02. The number of anilines is 1. The van der Waals surface area contributed by atoms with Gasteiger partial charge in [-0.25, -0.2) is 15.0 Å². The van der Waals surface area contributed by atoms with Crippen molar-refractivity contribution < 1.29 is 9.59 Å². The fraction of sp³-hybridized carbons (Fsp3) is 0.118. The average Bonchev–Trinajstić information content (AvgIpc) is 3.07. The van der Waals surface area contributed by atoms with E-state index in [4.69, 9.17) is 0 Å². The molecule has 0 radical (unpaired) electrons. The molecule has 3 heterocycles. The highest BCUT2D eigenvalue weighted by Crippen LogP contribution is 2.13. The summed E-state index contributed by atoms with van der Waals surface area (Å²) < 4.78 is 2.45. The first-order valence-electron chi connectivity index (χ1n) is 7.69. The minimum absolute atomic E-state index is 0.158. The van der Waals surface area contributed by atoms with Gasteiger partial charge in [0.25, 0.3) is 0 Å². The lowest BCUT2D eigenvalue weighted by Gasteiger charge is -2.11. The zero-order chi connectivity index (χ0) is 18.5. The number of carbonyl (C=O) groups is 2. The number of imidazole rings is 1. The first-order chi connectivity index (χ1) is 12.5. The number of nitrogens with one attached hydrogen (secondary N) is 2. The van der Waals surface area contributed by atoms with E-state index in [1.54, 1.807) is 36.8 Å². The highest BCUT2D eigenvalue weighted by molar-refractivity contribution is 9.10. The second kappa shape index (κ2) is 7.87. The molecule has 0 aliphatic heterocycles. The molecule has 26 heavy (non-hydrogen) atoms. The van der Waals surface area contributed by atoms with Crippen LogP contribution in [-0.4, -0.2) is 31.3 Å². The largest absolute Gasteiger partial charge is 0.344 e. The van der Waals surface area contributed by atoms with Crippen LogP contribution in [0.1, 0.15) is 11.4 Å². The third-order valence-electron chi connectivity index (χ3n) is 3.55. The lowest BCUT2D eigenvalue weighted by molar-refractivity contribution is -0.136. The third kappa shape index (κ3) is 4.12. The highest BCUT2D eigenvalue weighted by Gasteiger charge is 2.15. The molecule has 0 saturated carbocycles. The molecular formula is C17H15BrN6O2. The molecule has 0 aromatic carbocycles. The van der Waals surface area contributed by atoms with Crippen LogP contribution in [0.4, 0.5) is 5.69 Å². The summed E-state index contributed by atoms with van der Waals surface area (Å²) in [5.74, 6) is -0.0828. The summed E-state index contributed by atoms with van der Waals surface area (Å²) in [5.41, 5.74) is 1.20. The number of rotatable bonds is 4. The third-order valence-corrected chi connectivity index (χ3v) is 4.02. The monoisotopic (exact) mass is 414 g/mol. The minimum atomic E-state index is -0.765. The normalized spacial score (nSPS) is 10.4. The van der Waals surface area contributed by atoms with Crippen LogP contribution in [0.5, 0.6) is 0 Å². The molecule has 9 heteroatoms. The van der Waals surface area contributed by atoms with Crippen molar-refractivity contribution in [3.8, 4) is 5.82 Å². The van der Waals surface area contributed by atoms with E-state index in [2.05, 4.69) is 41.5 Å². The molecule has 0 bridgehead atoms. The maximum atomic E-state index is 12.1. The molecule has 132 valence electrons. The molecule has 3 aromatic rings. The summed E-state index contributed by atoms with van der Waals surface area (Å²) >= 11 is 3.20. The SMILES string of the molecule is Cc1nccn1-c1ncccc1CNC(=O)C(=O)Nc1ccc(Br)nc1. The highest BCUT2D eigenvalue weighted by atomic mass is 79.9. The molecule has 8 nitrogen and oxygen atoms in total. The van der Waals surface area contributed by atoms with E-state index in [0.717, 1.165) is 11.4 Å². The molecule has 0 fully saturated rings. The lowest BCUT2D eigenvalue weighted by atomic mass is 10.2. The van der Waals surface area contributed by atoms with Crippen molar-refractivity contribution >= 4 is 33.4 Å². The maximum Gasteiger partial charge on any atom is 0.313 e. The fourth-order valence-corrected chi connectivity index (χ4v) is 2.51. The van der Waals surface area contributed by atoms with Crippen LogP contribution in [0.25, 0.3) is 5.82 Å². The van der Waals surface area contributed by atoms with Crippen molar-refractivity contribution in [3.63, 3.8) is 0 Å². The second-order valence-electron chi connectivity index (χ2n) is 5.34. The molecule has 0 unspecified atom stereocenters. The van der Waals surface area contributed by atoms with Gasteiger partial charge < -0.3 is 10.6 Å². The molecule has 2 N–H and O–H groups in total. The average molecular weight is 415 g/mol. The molecule has 0 aliphatic carbocycles. The lowest BCUT2D eigenvalue weighted by Crippen LogP contribution is -2.35. The number of hydrogen-bond acceptors (Lipinski definition) is 5. The molecule has 0 saturated heterocycles.